The van der Waals surface area contributed by atoms with E-state index in [-0.39, 0.29) is 10.9 Å². The predicted octanol–water partition coefficient (Wildman–Crippen LogP) is 3.12. The Labute approximate surface area is 123 Å². The van der Waals surface area contributed by atoms with E-state index < -0.39 is 27.0 Å². The lowest BCUT2D eigenvalue weighted by atomic mass is 9.82. The minimum absolute atomic E-state index is 0.0305. The molecule has 3 unspecified atom stereocenters. The quantitative estimate of drug-likeness (QED) is 0.931. The highest BCUT2D eigenvalue weighted by Gasteiger charge is 2.33. The van der Waals surface area contributed by atoms with Crippen molar-refractivity contribution in [1.29, 1.82) is 0 Å². The van der Waals surface area contributed by atoms with E-state index in [1.807, 2.05) is 0 Å². The monoisotopic (exact) mass is 320 g/mol. The van der Waals surface area contributed by atoms with Gasteiger partial charge in [0.1, 0.15) is 15.7 Å². The molecule has 0 aromatic heterocycles. The summed E-state index contributed by atoms with van der Waals surface area (Å²) in [6, 6.07) is 4.12. The molecule has 1 aliphatic rings. The minimum atomic E-state index is -3.09. The van der Waals surface area contributed by atoms with Crippen molar-refractivity contribution in [2.75, 3.05) is 6.26 Å². The van der Waals surface area contributed by atoms with E-state index in [9.17, 15) is 17.9 Å². The molecule has 0 spiro atoms. The summed E-state index contributed by atoms with van der Waals surface area (Å²) in [7, 11) is -3.09. The van der Waals surface area contributed by atoms with E-state index >= 15 is 0 Å². The van der Waals surface area contributed by atoms with Crippen LogP contribution in [0.3, 0.4) is 0 Å². The Kier molecular flexibility index (Phi) is 4.72. The highest BCUT2D eigenvalue weighted by atomic mass is 35.5. The van der Waals surface area contributed by atoms with Gasteiger partial charge in [-0.3, -0.25) is 0 Å². The van der Waals surface area contributed by atoms with Gasteiger partial charge in [0.25, 0.3) is 0 Å². The standard InChI is InChI=1S/C14H18ClFO3S/c1-20(18,19)11-4-2-3-9(7-11)14(17)10-5-6-13(16)12(15)8-10/h5-6,8-9,11,14,17H,2-4,7H2,1H3. The van der Waals surface area contributed by atoms with Gasteiger partial charge in [-0.1, -0.05) is 24.1 Å². The molecule has 20 heavy (non-hydrogen) atoms. The Morgan fingerprint density at radius 1 is 1.40 bits per heavy atom. The number of aliphatic hydroxyl groups is 1. The lowest BCUT2D eigenvalue weighted by molar-refractivity contribution is 0.0856. The number of hydrogen-bond acceptors (Lipinski definition) is 3. The fraction of sp³-hybridized carbons (Fsp3) is 0.571. The summed E-state index contributed by atoms with van der Waals surface area (Å²) in [4.78, 5) is 0. The van der Waals surface area contributed by atoms with Gasteiger partial charge in [-0.25, -0.2) is 12.8 Å². The van der Waals surface area contributed by atoms with Crippen molar-refractivity contribution < 1.29 is 17.9 Å². The third-order valence-corrected chi connectivity index (χ3v) is 5.93. The molecule has 6 heteroatoms. The lowest BCUT2D eigenvalue weighted by Gasteiger charge is -2.31. The first-order valence-electron chi connectivity index (χ1n) is 6.61. The van der Waals surface area contributed by atoms with Gasteiger partial charge in [-0.05, 0) is 42.9 Å². The molecule has 0 amide bonds. The maximum Gasteiger partial charge on any atom is 0.150 e. The molecule has 3 nitrogen and oxygen atoms in total. The summed E-state index contributed by atoms with van der Waals surface area (Å²) in [5.74, 6) is -0.662. The molecule has 1 fully saturated rings. The van der Waals surface area contributed by atoms with Crippen molar-refractivity contribution in [2.45, 2.75) is 37.0 Å². The van der Waals surface area contributed by atoms with Gasteiger partial charge >= 0.3 is 0 Å². The van der Waals surface area contributed by atoms with Gasteiger partial charge in [0.15, 0.2) is 0 Å². The molecule has 1 aromatic carbocycles. The van der Waals surface area contributed by atoms with Crippen LogP contribution in [0.5, 0.6) is 0 Å². The van der Waals surface area contributed by atoms with E-state index in [1.54, 1.807) is 0 Å². The summed E-state index contributed by atoms with van der Waals surface area (Å²) in [6.07, 6.45) is 3.05. The fourth-order valence-corrected chi connectivity index (χ4v) is 4.21. The fourth-order valence-electron chi connectivity index (χ4n) is 2.83. The van der Waals surface area contributed by atoms with Crippen molar-refractivity contribution >= 4 is 21.4 Å². The molecule has 0 aliphatic heterocycles. The van der Waals surface area contributed by atoms with Gasteiger partial charge in [0.05, 0.1) is 16.4 Å². The summed E-state index contributed by atoms with van der Waals surface area (Å²) in [6.45, 7) is 0. The largest absolute Gasteiger partial charge is 0.388 e. The second-order valence-corrected chi connectivity index (χ2v) is 8.23. The van der Waals surface area contributed by atoms with Crippen LogP contribution in [0.1, 0.15) is 37.4 Å². The third-order valence-electron chi connectivity index (χ3n) is 4.00. The smallest absolute Gasteiger partial charge is 0.150 e. The zero-order valence-corrected chi connectivity index (χ0v) is 12.8. The predicted molar refractivity (Wildman–Crippen MR) is 77.0 cm³/mol. The Hall–Kier alpha value is -0.650. The van der Waals surface area contributed by atoms with E-state index in [0.29, 0.717) is 18.4 Å². The van der Waals surface area contributed by atoms with Gasteiger partial charge < -0.3 is 5.11 Å². The van der Waals surface area contributed by atoms with E-state index in [0.717, 1.165) is 12.8 Å². The number of benzene rings is 1. The van der Waals surface area contributed by atoms with Crippen LogP contribution in [0.2, 0.25) is 5.02 Å². The molecule has 0 heterocycles. The van der Waals surface area contributed by atoms with E-state index in [2.05, 4.69) is 0 Å². The Morgan fingerprint density at radius 2 is 2.10 bits per heavy atom. The van der Waals surface area contributed by atoms with Crippen molar-refractivity contribution in [1.82, 2.24) is 0 Å². The van der Waals surface area contributed by atoms with Crippen LogP contribution in [-0.4, -0.2) is 25.0 Å². The molecule has 1 saturated carbocycles. The Balaban J connectivity index is 2.16. The lowest BCUT2D eigenvalue weighted by Crippen LogP contribution is -2.30. The number of aliphatic hydroxyl groups excluding tert-OH is 1. The van der Waals surface area contributed by atoms with Gasteiger partial charge in [-0.15, -0.1) is 0 Å². The zero-order valence-electron chi connectivity index (χ0n) is 11.2. The van der Waals surface area contributed by atoms with Crippen LogP contribution >= 0.6 is 11.6 Å². The van der Waals surface area contributed by atoms with Gasteiger partial charge in [-0.2, -0.15) is 0 Å². The van der Waals surface area contributed by atoms with Crippen LogP contribution in [-0.2, 0) is 9.84 Å². The molecule has 0 bridgehead atoms. The number of sulfone groups is 1. The van der Waals surface area contributed by atoms with Gasteiger partial charge in [0.2, 0.25) is 0 Å². The molecule has 1 N–H and O–H groups in total. The summed E-state index contributed by atoms with van der Waals surface area (Å²) >= 11 is 5.72. The first-order valence-corrected chi connectivity index (χ1v) is 8.94. The molecule has 112 valence electrons. The average molecular weight is 321 g/mol. The number of halogens is 2. The van der Waals surface area contributed by atoms with E-state index in [4.69, 9.17) is 11.6 Å². The topological polar surface area (TPSA) is 54.4 Å². The molecule has 3 atom stereocenters. The Bertz CT molecular complexity index is 588. The van der Waals surface area contributed by atoms with E-state index in [1.165, 1.54) is 24.5 Å². The molecule has 2 rings (SSSR count). The highest BCUT2D eigenvalue weighted by Crippen LogP contribution is 2.37. The zero-order chi connectivity index (χ0) is 14.9. The molecule has 0 radical (unpaired) electrons. The minimum Gasteiger partial charge on any atom is -0.388 e. The molecular weight excluding hydrogens is 303 g/mol. The Morgan fingerprint density at radius 3 is 2.70 bits per heavy atom. The summed E-state index contributed by atoms with van der Waals surface area (Å²) in [5, 5.41) is 9.94. The third kappa shape index (κ3) is 3.51. The first-order chi connectivity index (χ1) is 9.29. The van der Waals surface area contributed by atoms with Crippen molar-refractivity contribution in [3.05, 3.63) is 34.6 Å². The number of hydrogen-bond donors (Lipinski definition) is 1. The van der Waals surface area contributed by atoms with Crippen LogP contribution in [0.15, 0.2) is 18.2 Å². The first kappa shape index (κ1) is 15.7. The van der Waals surface area contributed by atoms with Crippen molar-refractivity contribution in [3.8, 4) is 0 Å². The van der Waals surface area contributed by atoms with Crippen LogP contribution in [0.25, 0.3) is 0 Å². The van der Waals surface area contributed by atoms with Crippen molar-refractivity contribution in [3.63, 3.8) is 0 Å². The second kappa shape index (κ2) is 6.00. The van der Waals surface area contributed by atoms with Crippen LogP contribution < -0.4 is 0 Å². The summed E-state index contributed by atoms with van der Waals surface area (Å²) < 4.78 is 36.4. The number of rotatable bonds is 3. The molecule has 0 saturated heterocycles. The van der Waals surface area contributed by atoms with Crippen molar-refractivity contribution in [2.24, 2.45) is 5.92 Å². The molecule has 1 aliphatic carbocycles. The molecular formula is C14H18ClFO3S. The maximum atomic E-state index is 13.1. The highest BCUT2D eigenvalue weighted by molar-refractivity contribution is 7.91. The SMILES string of the molecule is CS(=O)(=O)C1CCCC(C(O)c2ccc(F)c(Cl)c2)C1. The average Bonchev–Trinajstić information content (AvgIpc) is 2.40. The van der Waals surface area contributed by atoms with Crippen LogP contribution in [0.4, 0.5) is 4.39 Å². The summed E-state index contributed by atoms with van der Waals surface area (Å²) in [5.41, 5.74) is 0.538. The van der Waals surface area contributed by atoms with Gasteiger partial charge in [0, 0.05) is 6.26 Å². The maximum absolute atomic E-state index is 13.1. The normalized spacial score (nSPS) is 25.4. The molecule has 1 aromatic rings. The van der Waals surface area contributed by atoms with Crippen LogP contribution in [0, 0.1) is 11.7 Å². The second-order valence-electron chi connectivity index (χ2n) is 5.50.